The summed E-state index contributed by atoms with van der Waals surface area (Å²) in [5, 5.41) is 21.4. The number of amides is 2. The van der Waals surface area contributed by atoms with Crippen molar-refractivity contribution in [1.29, 1.82) is 0 Å². The van der Waals surface area contributed by atoms with Crippen LogP contribution in [0.3, 0.4) is 0 Å². The summed E-state index contributed by atoms with van der Waals surface area (Å²) >= 11 is 0. The number of carbonyl (C=O) groups is 2. The Balaban J connectivity index is 2.01. The first kappa shape index (κ1) is 15.1. The molecule has 0 bridgehead atoms. The summed E-state index contributed by atoms with van der Waals surface area (Å²) in [5.74, 6) is -0.874. The maximum Gasteiger partial charge on any atom is 0.318 e. The second-order valence-electron chi connectivity index (χ2n) is 5.72. The molecule has 3 N–H and O–H groups in total. The quantitative estimate of drug-likeness (QED) is 0.680. The average Bonchev–Trinajstić information content (AvgIpc) is 2.81. The molecule has 20 heavy (non-hydrogen) atoms. The van der Waals surface area contributed by atoms with Gasteiger partial charge in [-0.3, -0.25) is 4.79 Å². The molecule has 3 unspecified atom stereocenters. The average molecular weight is 286 g/mol. The third-order valence-corrected chi connectivity index (χ3v) is 4.44. The third kappa shape index (κ3) is 2.73. The van der Waals surface area contributed by atoms with Crippen molar-refractivity contribution in [1.82, 2.24) is 10.2 Å². The smallest absolute Gasteiger partial charge is 0.318 e. The minimum Gasteiger partial charge on any atom is -0.481 e. The fraction of sp³-hybridized carbons (Fsp3) is 0.846. The van der Waals surface area contributed by atoms with E-state index in [9.17, 15) is 19.8 Å². The van der Waals surface area contributed by atoms with E-state index in [4.69, 9.17) is 4.74 Å². The highest BCUT2D eigenvalue weighted by Crippen LogP contribution is 2.38. The zero-order valence-electron chi connectivity index (χ0n) is 11.7. The van der Waals surface area contributed by atoms with E-state index in [1.54, 1.807) is 6.92 Å². The molecule has 7 heteroatoms. The van der Waals surface area contributed by atoms with Gasteiger partial charge in [0, 0.05) is 12.6 Å². The number of aliphatic carboxylic acids is 1. The molecule has 1 aliphatic heterocycles. The SMILES string of the molecule is CC1(C(=O)O)CCCC1NC(=O)N1CCOCC1CO. The van der Waals surface area contributed by atoms with Crippen LogP contribution in [0.5, 0.6) is 0 Å². The summed E-state index contributed by atoms with van der Waals surface area (Å²) in [6, 6.07) is -1.04. The zero-order valence-corrected chi connectivity index (χ0v) is 11.7. The molecule has 3 atom stereocenters. The minimum atomic E-state index is -0.906. The number of carbonyl (C=O) groups excluding carboxylic acids is 1. The van der Waals surface area contributed by atoms with Gasteiger partial charge in [-0.1, -0.05) is 6.42 Å². The number of nitrogens with one attached hydrogen (secondary N) is 1. The number of ether oxygens (including phenoxy) is 1. The Morgan fingerprint density at radius 2 is 2.25 bits per heavy atom. The van der Waals surface area contributed by atoms with Crippen molar-refractivity contribution in [2.24, 2.45) is 5.41 Å². The molecule has 1 saturated heterocycles. The minimum absolute atomic E-state index is 0.158. The number of carboxylic acids is 1. The first-order valence-electron chi connectivity index (χ1n) is 6.98. The molecule has 2 amide bonds. The molecule has 2 rings (SSSR count). The molecule has 0 radical (unpaired) electrons. The van der Waals surface area contributed by atoms with E-state index in [1.165, 1.54) is 4.90 Å². The molecular weight excluding hydrogens is 264 g/mol. The van der Waals surface area contributed by atoms with Gasteiger partial charge in [0.15, 0.2) is 0 Å². The highest BCUT2D eigenvalue weighted by atomic mass is 16.5. The predicted octanol–water partition coefficient (Wildman–Crippen LogP) is 0.0325. The molecule has 2 aliphatic rings. The fourth-order valence-electron chi connectivity index (χ4n) is 2.96. The van der Waals surface area contributed by atoms with Crippen molar-refractivity contribution in [3.63, 3.8) is 0 Å². The number of rotatable bonds is 3. The van der Waals surface area contributed by atoms with E-state index >= 15 is 0 Å². The van der Waals surface area contributed by atoms with Crippen LogP contribution in [-0.4, -0.2) is 65.6 Å². The lowest BCUT2D eigenvalue weighted by Crippen LogP contribution is -2.57. The van der Waals surface area contributed by atoms with Crippen LogP contribution in [0.1, 0.15) is 26.2 Å². The van der Waals surface area contributed by atoms with Crippen LogP contribution in [0, 0.1) is 5.41 Å². The Hall–Kier alpha value is -1.34. The highest BCUT2D eigenvalue weighted by molar-refractivity contribution is 5.79. The largest absolute Gasteiger partial charge is 0.481 e. The maximum absolute atomic E-state index is 12.3. The highest BCUT2D eigenvalue weighted by Gasteiger charge is 2.46. The van der Waals surface area contributed by atoms with E-state index in [0.29, 0.717) is 32.6 Å². The molecule has 1 heterocycles. The molecule has 7 nitrogen and oxygen atoms in total. The summed E-state index contributed by atoms with van der Waals surface area (Å²) < 4.78 is 5.23. The lowest BCUT2D eigenvalue weighted by molar-refractivity contribution is -0.148. The monoisotopic (exact) mass is 286 g/mol. The van der Waals surface area contributed by atoms with Crippen LogP contribution in [0.2, 0.25) is 0 Å². The molecule has 2 fully saturated rings. The molecule has 1 saturated carbocycles. The fourth-order valence-corrected chi connectivity index (χ4v) is 2.96. The van der Waals surface area contributed by atoms with Crippen molar-refractivity contribution in [3.05, 3.63) is 0 Å². The van der Waals surface area contributed by atoms with Gasteiger partial charge in [0.1, 0.15) is 0 Å². The molecular formula is C13H22N2O5. The number of aliphatic hydroxyl groups is 1. The van der Waals surface area contributed by atoms with Gasteiger partial charge >= 0.3 is 12.0 Å². The number of morpholine rings is 1. The van der Waals surface area contributed by atoms with Crippen molar-refractivity contribution in [2.75, 3.05) is 26.4 Å². The Kier molecular flexibility index (Phi) is 4.49. The van der Waals surface area contributed by atoms with Crippen LogP contribution in [0.4, 0.5) is 4.79 Å². The van der Waals surface area contributed by atoms with Crippen molar-refractivity contribution < 1.29 is 24.5 Å². The second kappa shape index (κ2) is 5.97. The van der Waals surface area contributed by atoms with Gasteiger partial charge in [-0.25, -0.2) is 4.79 Å². The van der Waals surface area contributed by atoms with Crippen LogP contribution >= 0.6 is 0 Å². The number of nitrogens with zero attached hydrogens (tertiary/aromatic N) is 1. The van der Waals surface area contributed by atoms with Crippen molar-refractivity contribution in [3.8, 4) is 0 Å². The van der Waals surface area contributed by atoms with E-state index < -0.39 is 11.4 Å². The number of carboxylic acid groups (broad SMARTS) is 1. The molecule has 0 aromatic heterocycles. The first-order chi connectivity index (χ1) is 9.49. The Morgan fingerprint density at radius 1 is 1.50 bits per heavy atom. The van der Waals surface area contributed by atoms with Gasteiger partial charge in [0.05, 0.1) is 31.3 Å². The zero-order chi connectivity index (χ0) is 14.8. The second-order valence-corrected chi connectivity index (χ2v) is 5.72. The summed E-state index contributed by atoms with van der Waals surface area (Å²) in [6.07, 6.45) is 2.03. The van der Waals surface area contributed by atoms with E-state index in [2.05, 4.69) is 5.32 Å². The maximum atomic E-state index is 12.3. The number of urea groups is 1. The summed E-state index contributed by atoms with van der Waals surface area (Å²) in [6.45, 7) is 2.67. The molecule has 1 aliphatic carbocycles. The van der Waals surface area contributed by atoms with Gasteiger partial charge in [0.2, 0.25) is 0 Å². The van der Waals surface area contributed by atoms with E-state index in [-0.39, 0.29) is 24.7 Å². The lowest BCUT2D eigenvalue weighted by atomic mass is 9.85. The van der Waals surface area contributed by atoms with Crippen LogP contribution < -0.4 is 5.32 Å². The van der Waals surface area contributed by atoms with E-state index in [1.807, 2.05) is 0 Å². The lowest BCUT2D eigenvalue weighted by Gasteiger charge is -2.36. The van der Waals surface area contributed by atoms with Gasteiger partial charge in [-0.15, -0.1) is 0 Å². The number of aliphatic hydroxyl groups excluding tert-OH is 1. The molecule has 0 aromatic carbocycles. The third-order valence-electron chi connectivity index (χ3n) is 4.44. The predicted molar refractivity (Wildman–Crippen MR) is 70.3 cm³/mol. The van der Waals surface area contributed by atoms with Gasteiger partial charge in [0.25, 0.3) is 0 Å². The summed E-state index contributed by atoms with van der Waals surface area (Å²) in [4.78, 5) is 25.2. The van der Waals surface area contributed by atoms with Gasteiger partial charge in [-0.05, 0) is 19.8 Å². The Labute approximate surface area is 117 Å². The van der Waals surface area contributed by atoms with Crippen molar-refractivity contribution >= 4 is 12.0 Å². The van der Waals surface area contributed by atoms with Crippen molar-refractivity contribution in [2.45, 2.75) is 38.3 Å². The summed E-state index contributed by atoms with van der Waals surface area (Å²) in [5.41, 5.74) is -0.906. The normalized spacial score (nSPS) is 34.0. The molecule has 0 aromatic rings. The first-order valence-corrected chi connectivity index (χ1v) is 6.98. The topological polar surface area (TPSA) is 99.1 Å². The Bertz CT molecular complexity index is 389. The number of hydrogen-bond donors (Lipinski definition) is 3. The van der Waals surface area contributed by atoms with Crippen LogP contribution in [-0.2, 0) is 9.53 Å². The van der Waals surface area contributed by atoms with Crippen LogP contribution in [0.25, 0.3) is 0 Å². The Morgan fingerprint density at radius 3 is 2.90 bits per heavy atom. The van der Waals surface area contributed by atoms with Crippen LogP contribution in [0.15, 0.2) is 0 Å². The van der Waals surface area contributed by atoms with Gasteiger partial charge in [-0.2, -0.15) is 0 Å². The van der Waals surface area contributed by atoms with E-state index in [0.717, 1.165) is 6.42 Å². The summed E-state index contributed by atoms with van der Waals surface area (Å²) in [7, 11) is 0. The van der Waals surface area contributed by atoms with Gasteiger partial charge < -0.3 is 25.2 Å². The molecule has 0 spiro atoms. The number of hydrogen-bond acceptors (Lipinski definition) is 4. The standard InChI is InChI=1S/C13H22N2O5/c1-13(11(17)18)4-2-3-10(13)14-12(19)15-5-6-20-8-9(15)7-16/h9-10,16H,2-8H2,1H3,(H,14,19)(H,17,18). The molecule has 114 valence electrons.